The molecule has 0 aliphatic heterocycles. The smallest absolute Gasteiger partial charge is 0.161 e. The summed E-state index contributed by atoms with van der Waals surface area (Å²) in [6, 6.07) is 0. The second-order valence-corrected chi connectivity index (χ2v) is 6.50. The highest BCUT2D eigenvalue weighted by molar-refractivity contribution is 7.13. The molecule has 0 bridgehead atoms. The first-order valence-electron chi connectivity index (χ1n) is 7.70. The summed E-state index contributed by atoms with van der Waals surface area (Å²) >= 11 is 1.48. The summed E-state index contributed by atoms with van der Waals surface area (Å²) in [4.78, 5) is 28.3. The summed E-state index contributed by atoms with van der Waals surface area (Å²) in [6.07, 6.45) is 2.46. The molecule has 0 aromatic carbocycles. The van der Waals surface area contributed by atoms with E-state index in [1.54, 1.807) is 20.0 Å². The number of Topliss-reactive ketones (excluding diaryl/α,β-unsaturated/α-hetero) is 1. The van der Waals surface area contributed by atoms with E-state index in [2.05, 4.69) is 19.9 Å². The molecule has 124 valence electrons. The Morgan fingerprint density at radius 3 is 2.71 bits per heavy atom. The number of nitrogens with two attached hydrogens (primary N) is 1. The molecule has 7 heteroatoms. The fraction of sp³-hybridized carbons (Fsp3) is 0.294. The number of H-pyrrole nitrogens is 1. The highest BCUT2D eigenvalue weighted by Crippen LogP contribution is 2.34. The Morgan fingerprint density at radius 1 is 1.33 bits per heavy atom. The maximum absolute atomic E-state index is 11.9. The molecule has 3 aromatic rings. The Labute approximate surface area is 144 Å². The van der Waals surface area contributed by atoms with Crippen LogP contribution in [0.2, 0.25) is 0 Å². The van der Waals surface area contributed by atoms with Gasteiger partial charge < -0.3 is 10.7 Å². The van der Waals surface area contributed by atoms with Gasteiger partial charge in [0, 0.05) is 22.8 Å². The predicted octanol–water partition coefficient (Wildman–Crippen LogP) is 3.56. The molecule has 0 amide bonds. The average molecular weight is 341 g/mol. The first-order chi connectivity index (χ1) is 11.4. The van der Waals surface area contributed by atoms with E-state index in [0.717, 1.165) is 45.2 Å². The van der Waals surface area contributed by atoms with E-state index in [4.69, 9.17) is 5.73 Å². The molecule has 3 N–H and O–H groups in total. The third-order valence-electron chi connectivity index (χ3n) is 3.93. The van der Waals surface area contributed by atoms with Crippen LogP contribution < -0.4 is 5.73 Å². The van der Waals surface area contributed by atoms with Crippen molar-refractivity contribution in [3.63, 3.8) is 0 Å². The fourth-order valence-corrected chi connectivity index (χ4v) is 3.72. The molecule has 3 rings (SSSR count). The van der Waals surface area contributed by atoms with Crippen LogP contribution in [0.25, 0.3) is 22.0 Å². The predicted molar refractivity (Wildman–Crippen MR) is 96.2 cm³/mol. The van der Waals surface area contributed by atoms with E-state index in [0.29, 0.717) is 11.6 Å². The number of nitrogen functional groups attached to an aromatic ring is 1. The molecule has 0 aliphatic rings. The van der Waals surface area contributed by atoms with Gasteiger partial charge in [-0.2, -0.15) is 0 Å². The van der Waals surface area contributed by atoms with Crippen LogP contribution in [-0.4, -0.2) is 25.7 Å². The lowest BCUT2D eigenvalue weighted by Gasteiger charge is -2.02. The van der Waals surface area contributed by atoms with Crippen molar-refractivity contribution in [2.45, 2.75) is 34.1 Å². The van der Waals surface area contributed by atoms with Crippen LogP contribution in [0, 0.1) is 13.8 Å². The molecule has 3 heterocycles. The highest BCUT2D eigenvalue weighted by Gasteiger charge is 2.20. The minimum absolute atomic E-state index is 0.0680. The number of nitrogens with zero attached hydrogens (tertiary/aromatic N) is 3. The van der Waals surface area contributed by atoms with E-state index < -0.39 is 0 Å². The summed E-state index contributed by atoms with van der Waals surface area (Å²) in [7, 11) is 0. The summed E-state index contributed by atoms with van der Waals surface area (Å²) in [5.41, 5.74) is 11.1. The molecular weight excluding hydrogens is 322 g/mol. The molecule has 0 radical (unpaired) electrons. The normalized spacial score (nSPS) is 11.0. The van der Waals surface area contributed by atoms with Crippen molar-refractivity contribution in [3.05, 3.63) is 34.2 Å². The quantitative estimate of drug-likeness (QED) is 0.707. The lowest BCUT2D eigenvalue weighted by atomic mass is 10.0. The fourth-order valence-electron chi connectivity index (χ4n) is 2.89. The molecule has 0 spiro atoms. The van der Waals surface area contributed by atoms with Crippen LogP contribution in [0.5, 0.6) is 0 Å². The monoisotopic (exact) mass is 341 g/mol. The second kappa shape index (κ2) is 6.16. The van der Waals surface area contributed by atoms with Gasteiger partial charge in [-0.05, 0) is 32.8 Å². The zero-order valence-corrected chi connectivity index (χ0v) is 14.9. The summed E-state index contributed by atoms with van der Waals surface area (Å²) in [5, 5.41) is 2.73. The number of nitrogens with one attached hydrogen (secondary N) is 1. The van der Waals surface area contributed by atoms with E-state index in [1.807, 2.05) is 19.2 Å². The van der Waals surface area contributed by atoms with Gasteiger partial charge in [0.2, 0.25) is 0 Å². The number of aryl methyl sites for hydroxylation is 2. The number of ketones is 1. The molecule has 0 saturated heterocycles. The highest BCUT2D eigenvalue weighted by atomic mass is 32.1. The maximum atomic E-state index is 11.9. The Kier molecular flexibility index (Phi) is 4.19. The maximum Gasteiger partial charge on any atom is 0.161 e. The number of aromatic amines is 1. The summed E-state index contributed by atoms with van der Waals surface area (Å²) in [6.45, 7) is 7.35. The summed E-state index contributed by atoms with van der Waals surface area (Å²) in [5.74, 6) is 1.12. The molecule has 0 atom stereocenters. The molecule has 6 nitrogen and oxygen atoms in total. The van der Waals surface area contributed by atoms with E-state index in [-0.39, 0.29) is 5.78 Å². The van der Waals surface area contributed by atoms with Gasteiger partial charge in [-0.15, -0.1) is 11.3 Å². The van der Waals surface area contributed by atoms with Gasteiger partial charge in [0.25, 0.3) is 0 Å². The molecule has 0 aliphatic carbocycles. The lowest BCUT2D eigenvalue weighted by molar-refractivity contribution is 0.101. The third kappa shape index (κ3) is 2.71. The van der Waals surface area contributed by atoms with Gasteiger partial charge in [0.05, 0.1) is 17.0 Å². The number of hydrogen-bond donors (Lipinski definition) is 2. The van der Waals surface area contributed by atoms with Crippen LogP contribution in [0.3, 0.4) is 0 Å². The number of rotatable bonds is 4. The Hall–Kier alpha value is -2.54. The van der Waals surface area contributed by atoms with Gasteiger partial charge >= 0.3 is 0 Å². The van der Waals surface area contributed by atoms with E-state index in [9.17, 15) is 4.79 Å². The van der Waals surface area contributed by atoms with Crippen LogP contribution in [0.15, 0.2) is 11.6 Å². The lowest BCUT2D eigenvalue weighted by Crippen LogP contribution is -1.98. The number of thiazole rings is 1. The molecule has 3 aromatic heterocycles. The Balaban J connectivity index is 2.09. The van der Waals surface area contributed by atoms with Crippen LogP contribution in [-0.2, 0) is 6.42 Å². The second-order valence-electron chi connectivity index (χ2n) is 5.64. The summed E-state index contributed by atoms with van der Waals surface area (Å²) < 4.78 is 0. The molecule has 0 unspecified atom stereocenters. The molecule has 24 heavy (non-hydrogen) atoms. The minimum atomic E-state index is 0.0680. The first kappa shape index (κ1) is 16.3. The Bertz CT molecular complexity index is 925. The molecule has 0 fully saturated rings. The zero-order valence-electron chi connectivity index (χ0n) is 14.1. The first-order valence-corrected chi connectivity index (χ1v) is 8.58. The number of anilines is 1. The van der Waals surface area contributed by atoms with Gasteiger partial charge in [0.15, 0.2) is 5.78 Å². The average Bonchev–Trinajstić information content (AvgIpc) is 3.11. The molecular formula is C17H19N5OS. The van der Waals surface area contributed by atoms with Crippen LogP contribution in [0.4, 0.5) is 5.82 Å². The standard InChI is InChI=1S/C17H19N5OS/c1-5-11-14(9(3)23)8(2)20-15(11)13-7-24-17(22-13)12-6-19-10(4)21-16(12)18/h6-7,20H,5H2,1-4H3,(H2,18,19,21). The topological polar surface area (TPSA) is 97.5 Å². The van der Waals surface area contributed by atoms with Crippen molar-refractivity contribution in [2.24, 2.45) is 0 Å². The number of carbonyl (C=O) groups excluding carboxylic acids is 1. The van der Waals surface area contributed by atoms with E-state index in [1.165, 1.54) is 11.3 Å². The minimum Gasteiger partial charge on any atom is -0.383 e. The van der Waals surface area contributed by atoms with Crippen molar-refractivity contribution in [1.29, 1.82) is 0 Å². The van der Waals surface area contributed by atoms with Gasteiger partial charge in [0.1, 0.15) is 16.6 Å². The third-order valence-corrected chi connectivity index (χ3v) is 4.80. The van der Waals surface area contributed by atoms with E-state index >= 15 is 0 Å². The largest absolute Gasteiger partial charge is 0.383 e. The van der Waals surface area contributed by atoms with Crippen LogP contribution in [0.1, 0.15) is 41.3 Å². The zero-order chi connectivity index (χ0) is 17.4. The van der Waals surface area contributed by atoms with Crippen LogP contribution >= 0.6 is 11.3 Å². The SMILES string of the molecule is CCc1c(-c2csc(-c3cnc(C)nc3N)n2)[nH]c(C)c1C(C)=O. The van der Waals surface area contributed by atoms with Crippen molar-refractivity contribution >= 4 is 22.9 Å². The number of carbonyl (C=O) groups is 1. The van der Waals surface area contributed by atoms with Crippen molar-refractivity contribution < 1.29 is 4.79 Å². The molecule has 0 saturated carbocycles. The number of hydrogen-bond acceptors (Lipinski definition) is 6. The van der Waals surface area contributed by atoms with Gasteiger partial charge in [-0.3, -0.25) is 4.79 Å². The van der Waals surface area contributed by atoms with Gasteiger partial charge in [-0.1, -0.05) is 6.92 Å². The number of aromatic nitrogens is 4. The van der Waals surface area contributed by atoms with Crippen molar-refractivity contribution in [1.82, 2.24) is 19.9 Å². The van der Waals surface area contributed by atoms with Gasteiger partial charge in [-0.25, -0.2) is 15.0 Å². The Morgan fingerprint density at radius 2 is 2.08 bits per heavy atom. The van der Waals surface area contributed by atoms with Crippen molar-refractivity contribution in [3.8, 4) is 22.0 Å². The van der Waals surface area contributed by atoms with Crippen molar-refractivity contribution in [2.75, 3.05) is 5.73 Å².